The van der Waals surface area contributed by atoms with Gasteiger partial charge in [0.2, 0.25) is 5.95 Å². The maximum atomic E-state index is 11.0. The average molecular weight is 271 g/mol. The van der Waals surface area contributed by atoms with Crippen LogP contribution in [-0.2, 0) is 0 Å². The van der Waals surface area contributed by atoms with Gasteiger partial charge in [-0.1, -0.05) is 18.2 Å². The van der Waals surface area contributed by atoms with Crippen molar-refractivity contribution in [2.45, 2.75) is 20.8 Å². The van der Waals surface area contributed by atoms with Crippen molar-refractivity contribution in [3.05, 3.63) is 47.3 Å². The minimum Gasteiger partial charge on any atom is -0.478 e. The molecule has 1 aromatic carbocycles. The third-order valence-corrected chi connectivity index (χ3v) is 3.16. The normalized spacial score (nSPS) is 10.3. The van der Waals surface area contributed by atoms with Crippen LogP contribution in [-0.4, -0.2) is 27.6 Å². The van der Waals surface area contributed by atoms with Crippen molar-refractivity contribution in [2.24, 2.45) is 0 Å². The summed E-state index contributed by atoms with van der Waals surface area (Å²) < 4.78 is 0. The van der Waals surface area contributed by atoms with Gasteiger partial charge in [-0.2, -0.15) is 0 Å². The molecule has 2 rings (SSSR count). The Bertz CT molecular complexity index is 641. The Labute approximate surface area is 117 Å². The molecule has 0 aliphatic carbocycles. The fourth-order valence-electron chi connectivity index (χ4n) is 2.08. The number of hydrogen-bond donors (Lipinski definition) is 1. The molecule has 104 valence electrons. The van der Waals surface area contributed by atoms with Gasteiger partial charge in [-0.15, -0.1) is 0 Å². The molecule has 0 spiro atoms. The van der Waals surface area contributed by atoms with Gasteiger partial charge in [-0.3, -0.25) is 0 Å². The highest BCUT2D eigenvalue weighted by atomic mass is 16.4. The highest BCUT2D eigenvalue weighted by Crippen LogP contribution is 2.25. The Morgan fingerprint density at radius 2 is 2.00 bits per heavy atom. The van der Waals surface area contributed by atoms with Crippen LogP contribution in [0.4, 0.5) is 11.6 Å². The van der Waals surface area contributed by atoms with E-state index in [2.05, 4.69) is 9.97 Å². The van der Waals surface area contributed by atoms with Crippen LogP contribution in [0.2, 0.25) is 0 Å². The molecule has 0 saturated heterocycles. The predicted molar refractivity (Wildman–Crippen MR) is 77.6 cm³/mol. The molecule has 20 heavy (non-hydrogen) atoms. The first-order valence-electron chi connectivity index (χ1n) is 6.44. The second-order valence-corrected chi connectivity index (χ2v) is 4.50. The van der Waals surface area contributed by atoms with Crippen LogP contribution in [0.15, 0.2) is 30.5 Å². The second kappa shape index (κ2) is 5.69. The van der Waals surface area contributed by atoms with Crippen LogP contribution in [0.5, 0.6) is 0 Å². The quantitative estimate of drug-likeness (QED) is 0.926. The lowest BCUT2D eigenvalue weighted by molar-refractivity contribution is 0.0695. The van der Waals surface area contributed by atoms with Crippen molar-refractivity contribution in [2.75, 3.05) is 11.4 Å². The lowest BCUT2D eigenvalue weighted by Crippen LogP contribution is -2.20. The molecule has 1 N–H and O–H groups in total. The largest absolute Gasteiger partial charge is 0.478 e. The number of rotatable bonds is 4. The molecule has 1 heterocycles. The number of hydrogen-bond acceptors (Lipinski definition) is 4. The summed E-state index contributed by atoms with van der Waals surface area (Å²) in [7, 11) is 0. The van der Waals surface area contributed by atoms with Crippen molar-refractivity contribution in [3.63, 3.8) is 0 Å². The SMILES string of the molecule is CCN(c1ncc(C(=O)O)c(C)n1)c1ccccc1C. The molecule has 0 fully saturated rings. The van der Waals surface area contributed by atoms with Crippen LogP contribution >= 0.6 is 0 Å². The van der Waals surface area contributed by atoms with Gasteiger partial charge in [0.05, 0.1) is 11.3 Å². The molecular formula is C15H17N3O2. The first-order chi connectivity index (χ1) is 9.54. The summed E-state index contributed by atoms with van der Waals surface area (Å²) >= 11 is 0. The molecule has 2 aromatic rings. The van der Waals surface area contributed by atoms with E-state index in [1.54, 1.807) is 6.92 Å². The van der Waals surface area contributed by atoms with E-state index in [4.69, 9.17) is 5.11 Å². The predicted octanol–water partition coefficient (Wildman–Crippen LogP) is 2.95. The standard InChI is InChI=1S/C15H17N3O2/c1-4-18(13-8-6-5-7-10(13)2)15-16-9-12(14(19)20)11(3)17-15/h5-9H,4H2,1-3H3,(H,19,20). The van der Waals surface area contributed by atoms with Gasteiger partial charge in [0.25, 0.3) is 0 Å². The van der Waals surface area contributed by atoms with Crippen LogP contribution in [0.1, 0.15) is 28.5 Å². The van der Waals surface area contributed by atoms with Gasteiger partial charge in [0, 0.05) is 18.4 Å². The smallest absolute Gasteiger partial charge is 0.339 e. The van der Waals surface area contributed by atoms with Crippen molar-refractivity contribution in [1.29, 1.82) is 0 Å². The van der Waals surface area contributed by atoms with E-state index < -0.39 is 5.97 Å². The fraction of sp³-hybridized carbons (Fsp3) is 0.267. The number of nitrogens with zero attached hydrogens (tertiary/aromatic N) is 3. The Morgan fingerprint density at radius 1 is 1.30 bits per heavy atom. The molecule has 5 heteroatoms. The summed E-state index contributed by atoms with van der Waals surface area (Å²) in [4.78, 5) is 21.5. The second-order valence-electron chi connectivity index (χ2n) is 4.50. The third kappa shape index (κ3) is 2.61. The van der Waals surface area contributed by atoms with E-state index in [9.17, 15) is 4.79 Å². The Kier molecular flexibility index (Phi) is 3.98. The number of aryl methyl sites for hydroxylation is 2. The fourth-order valence-corrected chi connectivity index (χ4v) is 2.08. The molecule has 1 aromatic heterocycles. The number of anilines is 2. The van der Waals surface area contributed by atoms with Gasteiger partial charge in [-0.05, 0) is 32.4 Å². The first kappa shape index (κ1) is 14.0. The van der Waals surface area contributed by atoms with Crippen LogP contribution in [0, 0.1) is 13.8 Å². The molecular weight excluding hydrogens is 254 g/mol. The third-order valence-electron chi connectivity index (χ3n) is 3.16. The Balaban J connectivity index is 2.46. The van der Waals surface area contributed by atoms with Gasteiger partial charge in [0.15, 0.2) is 0 Å². The van der Waals surface area contributed by atoms with E-state index in [0.29, 0.717) is 18.2 Å². The Morgan fingerprint density at radius 3 is 2.55 bits per heavy atom. The maximum absolute atomic E-state index is 11.0. The number of carbonyl (C=O) groups is 1. The zero-order valence-corrected chi connectivity index (χ0v) is 11.8. The molecule has 0 radical (unpaired) electrons. The average Bonchev–Trinajstić information content (AvgIpc) is 2.41. The summed E-state index contributed by atoms with van der Waals surface area (Å²) in [5.41, 5.74) is 2.75. The van der Waals surface area contributed by atoms with Crippen LogP contribution in [0.25, 0.3) is 0 Å². The Hall–Kier alpha value is -2.43. The van der Waals surface area contributed by atoms with Crippen molar-refractivity contribution in [1.82, 2.24) is 9.97 Å². The van der Waals surface area contributed by atoms with Gasteiger partial charge >= 0.3 is 5.97 Å². The zero-order chi connectivity index (χ0) is 14.7. The van der Waals surface area contributed by atoms with Crippen molar-refractivity contribution in [3.8, 4) is 0 Å². The zero-order valence-electron chi connectivity index (χ0n) is 11.8. The summed E-state index contributed by atoms with van der Waals surface area (Å²) in [6.07, 6.45) is 1.36. The summed E-state index contributed by atoms with van der Waals surface area (Å²) in [5.74, 6) is -0.489. The molecule has 5 nitrogen and oxygen atoms in total. The molecule has 0 atom stereocenters. The van der Waals surface area contributed by atoms with E-state index in [1.165, 1.54) is 6.20 Å². The molecule has 0 saturated carbocycles. The van der Waals surface area contributed by atoms with Crippen LogP contribution < -0.4 is 4.90 Å². The minimum atomic E-state index is -1.01. The summed E-state index contributed by atoms with van der Waals surface area (Å²) in [6, 6.07) is 7.97. The number of aromatic nitrogens is 2. The molecule has 0 aliphatic rings. The van der Waals surface area contributed by atoms with E-state index in [0.717, 1.165) is 11.3 Å². The highest BCUT2D eigenvalue weighted by molar-refractivity contribution is 5.88. The topological polar surface area (TPSA) is 66.3 Å². The monoisotopic (exact) mass is 271 g/mol. The van der Waals surface area contributed by atoms with Crippen LogP contribution in [0.3, 0.4) is 0 Å². The van der Waals surface area contributed by atoms with Gasteiger partial charge < -0.3 is 10.0 Å². The lowest BCUT2D eigenvalue weighted by atomic mass is 10.2. The van der Waals surface area contributed by atoms with E-state index in [-0.39, 0.29) is 5.56 Å². The van der Waals surface area contributed by atoms with Crippen molar-refractivity contribution < 1.29 is 9.90 Å². The van der Waals surface area contributed by atoms with E-state index >= 15 is 0 Å². The number of carboxylic acid groups (broad SMARTS) is 1. The molecule has 0 aliphatic heterocycles. The highest BCUT2D eigenvalue weighted by Gasteiger charge is 2.15. The number of benzene rings is 1. The summed E-state index contributed by atoms with van der Waals surface area (Å²) in [6.45, 7) is 6.42. The van der Waals surface area contributed by atoms with Gasteiger partial charge in [0.1, 0.15) is 0 Å². The van der Waals surface area contributed by atoms with E-state index in [1.807, 2.05) is 43.0 Å². The molecule has 0 bridgehead atoms. The summed E-state index contributed by atoms with van der Waals surface area (Å²) in [5, 5.41) is 9.02. The van der Waals surface area contributed by atoms with Gasteiger partial charge in [-0.25, -0.2) is 14.8 Å². The maximum Gasteiger partial charge on any atom is 0.339 e. The molecule has 0 amide bonds. The van der Waals surface area contributed by atoms with Crippen molar-refractivity contribution >= 4 is 17.6 Å². The number of carboxylic acids is 1. The number of para-hydroxylation sites is 1. The first-order valence-corrected chi connectivity index (χ1v) is 6.44. The lowest BCUT2D eigenvalue weighted by Gasteiger charge is -2.23. The number of aromatic carboxylic acids is 1. The molecule has 0 unspecified atom stereocenters. The minimum absolute atomic E-state index is 0.134.